The lowest BCUT2D eigenvalue weighted by Crippen LogP contribution is -2.26. The van der Waals surface area contributed by atoms with E-state index in [-0.39, 0.29) is 18.9 Å². The summed E-state index contributed by atoms with van der Waals surface area (Å²) < 4.78 is 26.3. The normalized spacial score (nSPS) is 11.6. The van der Waals surface area contributed by atoms with E-state index in [2.05, 4.69) is 17.0 Å². The molecule has 27 heavy (non-hydrogen) atoms. The Morgan fingerprint density at radius 1 is 1.04 bits per heavy atom. The fourth-order valence-electron chi connectivity index (χ4n) is 2.45. The Balaban J connectivity index is 1.75. The molecule has 0 aromatic heterocycles. The molecule has 0 bridgehead atoms. The van der Waals surface area contributed by atoms with Crippen molar-refractivity contribution >= 4 is 27.7 Å². The highest BCUT2D eigenvalue weighted by atomic mass is 32.2. The molecule has 0 fully saturated rings. The maximum absolute atomic E-state index is 12.0. The number of rotatable bonds is 10. The van der Waals surface area contributed by atoms with Crippen LogP contribution in [0.3, 0.4) is 0 Å². The molecule has 1 amide bonds. The number of carbonyl (C=O) groups excluding carboxylic acids is 1. The molecule has 0 heterocycles. The molecule has 0 aliphatic heterocycles. The lowest BCUT2D eigenvalue weighted by molar-refractivity contribution is -0.116. The summed E-state index contributed by atoms with van der Waals surface area (Å²) in [6, 6.07) is 16.9. The second-order valence-electron chi connectivity index (χ2n) is 6.25. The minimum absolute atomic E-state index is 0.0435. The minimum atomic E-state index is -3.57. The summed E-state index contributed by atoms with van der Waals surface area (Å²) in [6.45, 7) is 2.20. The molecular weight excluding hydrogens is 360 g/mol. The number of nitrogens with one attached hydrogen (secondary N) is 2. The predicted molar refractivity (Wildman–Crippen MR) is 111 cm³/mol. The molecule has 2 aromatic rings. The van der Waals surface area contributed by atoms with Crippen molar-refractivity contribution in [3.63, 3.8) is 0 Å². The molecule has 0 aliphatic carbocycles. The lowest BCUT2D eigenvalue weighted by atomic mass is 10.1. The topological polar surface area (TPSA) is 75.3 Å². The van der Waals surface area contributed by atoms with E-state index >= 15 is 0 Å². The third kappa shape index (κ3) is 8.19. The highest BCUT2D eigenvalue weighted by Crippen LogP contribution is 2.12. The summed E-state index contributed by atoms with van der Waals surface area (Å²) in [5.41, 5.74) is 2.75. The molecule has 0 saturated carbocycles. The molecule has 0 atom stereocenters. The smallest absolute Gasteiger partial charge is 0.233 e. The summed E-state index contributed by atoms with van der Waals surface area (Å²) in [5.74, 6) is -0.231. The van der Waals surface area contributed by atoms with Gasteiger partial charge in [-0.15, -0.1) is 0 Å². The minimum Gasteiger partial charge on any atom is -0.326 e. The Morgan fingerprint density at radius 2 is 1.74 bits per heavy atom. The van der Waals surface area contributed by atoms with Gasteiger partial charge in [0.1, 0.15) is 0 Å². The molecule has 0 radical (unpaired) electrons. The van der Waals surface area contributed by atoms with Crippen LogP contribution in [-0.4, -0.2) is 20.9 Å². The lowest BCUT2D eigenvalue weighted by Gasteiger charge is -2.07. The van der Waals surface area contributed by atoms with Crippen LogP contribution in [0.4, 0.5) is 5.69 Å². The summed E-state index contributed by atoms with van der Waals surface area (Å²) in [5, 5.41) is 3.88. The third-order valence-electron chi connectivity index (χ3n) is 3.95. The highest BCUT2D eigenvalue weighted by Gasteiger charge is 2.07. The fraction of sp³-hybridized carbons (Fsp3) is 0.286. The molecule has 0 unspecified atom stereocenters. The van der Waals surface area contributed by atoms with Gasteiger partial charge in [0.25, 0.3) is 0 Å². The molecule has 2 rings (SSSR count). The molecule has 0 aliphatic rings. The number of hydrogen-bond donors (Lipinski definition) is 2. The predicted octanol–water partition coefficient (Wildman–Crippen LogP) is 3.95. The molecular formula is C21H26N2O3S. The molecule has 2 N–H and O–H groups in total. The first-order valence-corrected chi connectivity index (χ1v) is 10.6. The van der Waals surface area contributed by atoms with E-state index in [9.17, 15) is 13.2 Å². The molecule has 0 spiro atoms. The van der Waals surface area contributed by atoms with Gasteiger partial charge in [0.15, 0.2) is 0 Å². The fourth-order valence-corrected chi connectivity index (χ4v) is 3.27. The average molecular weight is 387 g/mol. The third-order valence-corrected chi connectivity index (χ3v) is 5.05. The second-order valence-corrected chi connectivity index (χ2v) is 7.90. The number of aryl methyl sites for hydroxylation is 1. The summed E-state index contributed by atoms with van der Waals surface area (Å²) in [4.78, 5) is 12.0. The van der Waals surface area contributed by atoms with E-state index in [1.165, 1.54) is 11.6 Å². The van der Waals surface area contributed by atoms with E-state index < -0.39 is 10.0 Å². The van der Waals surface area contributed by atoms with Gasteiger partial charge in [-0.25, -0.2) is 13.1 Å². The van der Waals surface area contributed by atoms with Crippen LogP contribution in [0.2, 0.25) is 0 Å². The molecule has 144 valence electrons. The SMILES string of the molecule is CCCCc1ccc(NC(=O)CCNS(=O)(=O)/C=C/c2ccccc2)cc1. The number of anilines is 1. The van der Waals surface area contributed by atoms with Gasteiger partial charge in [-0.3, -0.25) is 4.79 Å². The van der Waals surface area contributed by atoms with Crippen molar-refractivity contribution in [1.82, 2.24) is 4.72 Å². The second kappa shape index (κ2) is 10.6. The Labute approximate surface area is 161 Å². The van der Waals surface area contributed by atoms with Crippen LogP contribution >= 0.6 is 0 Å². The van der Waals surface area contributed by atoms with Crippen LogP contribution in [0.15, 0.2) is 60.0 Å². The van der Waals surface area contributed by atoms with Gasteiger partial charge in [-0.05, 0) is 42.2 Å². The van der Waals surface area contributed by atoms with E-state index in [0.29, 0.717) is 5.69 Å². The standard InChI is InChI=1S/C21H26N2O3S/c1-2-3-7-19-10-12-20(13-11-19)23-21(24)14-16-22-27(25,26)17-15-18-8-5-4-6-9-18/h4-6,8-13,15,17,22H,2-3,7,14,16H2,1H3,(H,23,24)/b17-15+. The van der Waals surface area contributed by atoms with Crippen molar-refractivity contribution in [2.75, 3.05) is 11.9 Å². The van der Waals surface area contributed by atoms with Crippen molar-refractivity contribution in [3.05, 3.63) is 71.1 Å². The molecule has 0 saturated heterocycles. The van der Waals surface area contributed by atoms with Gasteiger partial charge in [0, 0.05) is 24.1 Å². The molecule has 5 nitrogen and oxygen atoms in total. The maximum Gasteiger partial charge on any atom is 0.233 e. The number of unbranched alkanes of at least 4 members (excludes halogenated alkanes) is 1. The monoisotopic (exact) mass is 386 g/mol. The quantitative estimate of drug-likeness (QED) is 0.649. The first-order chi connectivity index (χ1) is 13.0. The van der Waals surface area contributed by atoms with Crippen molar-refractivity contribution in [3.8, 4) is 0 Å². The van der Waals surface area contributed by atoms with E-state index in [1.54, 1.807) is 0 Å². The summed E-state index contributed by atoms with van der Waals surface area (Å²) >= 11 is 0. The van der Waals surface area contributed by atoms with E-state index in [1.807, 2.05) is 54.6 Å². The Kier molecular flexibility index (Phi) is 8.23. The number of amides is 1. The Bertz CT molecular complexity index is 845. The first kappa shape index (κ1) is 20.9. The van der Waals surface area contributed by atoms with Crippen molar-refractivity contribution < 1.29 is 13.2 Å². The van der Waals surface area contributed by atoms with Crippen LogP contribution in [0, 0.1) is 0 Å². The Morgan fingerprint density at radius 3 is 2.41 bits per heavy atom. The number of sulfonamides is 1. The van der Waals surface area contributed by atoms with E-state index in [4.69, 9.17) is 0 Å². The van der Waals surface area contributed by atoms with E-state index in [0.717, 1.165) is 30.2 Å². The van der Waals surface area contributed by atoms with Crippen LogP contribution in [0.25, 0.3) is 6.08 Å². The van der Waals surface area contributed by atoms with Crippen LogP contribution in [0.1, 0.15) is 37.3 Å². The van der Waals surface area contributed by atoms with Gasteiger partial charge in [-0.2, -0.15) is 0 Å². The van der Waals surface area contributed by atoms with Gasteiger partial charge < -0.3 is 5.32 Å². The zero-order chi connectivity index (χ0) is 19.5. The number of carbonyl (C=O) groups is 1. The number of benzene rings is 2. The zero-order valence-electron chi connectivity index (χ0n) is 15.5. The van der Waals surface area contributed by atoms with Crippen LogP contribution < -0.4 is 10.0 Å². The maximum atomic E-state index is 12.0. The summed E-state index contributed by atoms with van der Waals surface area (Å²) in [7, 11) is -3.57. The first-order valence-electron chi connectivity index (χ1n) is 9.10. The van der Waals surface area contributed by atoms with Crippen molar-refractivity contribution in [1.29, 1.82) is 0 Å². The average Bonchev–Trinajstić information content (AvgIpc) is 2.66. The van der Waals surface area contributed by atoms with Gasteiger partial charge in [-0.1, -0.05) is 55.8 Å². The van der Waals surface area contributed by atoms with Gasteiger partial charge in [0.05, 0.1) is 0 Å². The van der Waals surface area contributed by atoms with Crippen molar-refractivity contribution in [2.45, 2.75) is 32.6 Å². The number of hydrogen-bond acceptors (Lipinski definition) is 3. The molecule has 2 aromatic carbocycles. The highest BCUT2D eigenvalue weighted by molar-refractivity contribution is 7.92. The van der Waals surface area contributed by atoms with Crippen LogP contribution in [0.5, 0.6) is 0 Å². The van der Waals surface area contributed by atoms with Crippen molar-refractivity contribution in [2.24, 2.45) is 0 Å². The summed E-state index contributed by atoms with van der Waals surface area (Å²) in [6.07, 6.45) is 4.90. The van der Waals surface area contributed by atoms with Crippen LogP contribution in [-0.2, 0) is 21.2 Å². The van der Waals surface area contributed by atoms with Gasteiger partial charge in [0.2, 0.25) is 15.9 Å². The zero-order valence-corrected chi connectivity index (χ0v) is 16.3. The molecule has 6 heteroatoms. The Hall–Kier alpha value is -2.44. The largest absolute Gasteiger partial charge is 0.326 e. The van der Waals surface area contributed by atoms with Gasteiger partial charge >= 0.3 is 0 Å².